The van der Waals surface area contributed by atoms with E-state index in [4.69, 9.17) is 9.47 Å². The monoisotopic (exact) mass is 420 g/mol. The summed E-state index contributed by atoms with van der Waals surface area (Å²) in [5.74, 6) is 1.17. The highest BCUT2D eigenvalue weighted by molar-refractivity contribution is 5.92. The van der Waals surface area contributed by atoms with Gasteiger partial charge in [0.1, 0.15) is 11.4 Å². The minimum atomic E-state index is -0.0804. The quantitative estimate of drug-likeness (QED) is 0.559. The van der Waals surface area contributed by atoms with E-state index in [-0.39, 0.29) is 5.91 Å². The van der Waals surface area contributed by atoms with Crippen molar-refractivity contribution in [2.24, 2.45) is 13.0 Å². The predicted octanol–water partition coefficient (Wildman–Crippen LogP) is 3.38. The molecule has 2 aromatic heterocycles. The van der Waals surface area contributed by atoms with Gasteiger partial charge in [-0.3, -0.25) is 14.5 Å². The van der Waals surface area contributed by atoms with E-state index in [0.29, 0.717) is 31.3 Å². The molecular formula is C24H28N4O3. The van der Waals surface area contributed by atoms with E-state index in [1.54, 1.807) is 22.8 Å². The van der Waals surface area contributed by atoms with E-state index in [9.17, 15) is 4.79 Å². The Morgan fingerprint density at radius 3 is 2.84 bits per heavy atom. The molecule has 0 N–H and O–H groups in total. The van der Waals surface area contributed by atoms with Crippen LogP contribution in [0, 0.1) is 12.8 Å². The molecule has 1 atom stereocenters. The van der Waals surface area contributed by atoms with Crippen molar-refractivity contribution in [2.75, 3.05) is 19.8 Å². The van der Waals surface area contributed by atoms with Crippen LogP contribution in [0.3, 0.4) is 0 Å². The number of hydrogen-bond acceptors (Lipinski definition) is 5. The summed E-state index contributed by atoms with van der Waals surface area (Å²) in [5, 5.41) is 4.33. The van der Waals surface area contributed by atoms with Gasteiger partial charge >= 0.3 is 0 Å². The molecule has 1 amide bonds. The van der Waals surface area contributed by atoms with Crippen LogP contribution < -0.4 is 4.74 Å². The molecule has 7 nitrogen and oxygen atoms in total. The molecule has 0 unspecified atom stereocenters. The maximum atomic E-state index is 13.4. The lowest BCUT2D eigenvalue weighted by atomic mass is 10.1. The van der Waals surface area contributed by atoms with Crippen LogP contribution >= 0.6 is 0 Å². The lowest BCUT2D eigenvalue weighted by molar-refractivity contribution is 0.0716. The summed E-state index contributed by atoms with van der Waals surface area (Å²) < 4.78 is 13.0. The first kappa shape index (κ1) is 21.1. The van der Waals surface area contributed by atoms with Crippen molar-refractivity contribution in [2.45, 2.75) is 26.4 Å². The fourth-order valence-electron chi connectivity index (χ4n) is 3.74. The second-order valence-electron chi connectivity index (χ2n) is 7.96. The van der Waals surface area contributed by atoms with Crippen molar-refractivity contribution < 1.29 is 14.3 Å². The van der Waals surface area contributed by atoms with Gasteiger partial charge < -0.3 is 14.4 Å². The van der Waals surface area contributed by atoms with E-state index < -0.39 is 0 Å². The van der Waals surface area contributed by atoms with Crippen LogP contribution in [0.5, 0.6) is 5.75 Å². The maximum absolute atomic E-state index is 13.4. The number of carbonyl (C=O) groups is 1. The molecule has 4 rings (SSSR count). The van der Waals surface area contributed by atoms with Gasteiger partial charge in [0, 0.05) is 32.3 Å². The lowest BCUT2D eigenvalue weighted by Crippen LogP contribution is -2.32. The second-order valence-corrected chi connectivity index (χ2v) is 7.96. The minimum absolute atomic E-state index is 0.0804. The summed E-state index contributed by atoms with van der Waals surface area (Å²) in [7, 11) is 1.79. The maximum Gasteiger partial charge on any atom is 0.272 e. The van der Waals surface area contributed by atoms with Crippen molar-refractivity contribution >= 4 is 5.91 Å². The Balaban J connectivity index is 1.51. The number of aryl methyl sites for hydroxylation is 2. The van der Waals surface area contributed by atoms with Gasteiger partial charge in [-0.2, -0.15) is 5.10 Å². The molecule has 1 aliphatic heterocycles. The third-order valence-corrected chi connectivity index (χ3v) is 5.37. The third-order valence-electron chi connectivity index (χ3n) is 5.37. The van der Waals surface area contributed by atoms with Gasteiger partial charge in [-0.05, 0) is 49.2 Å². The molecule has 0 radical (unpaired) electrons. The standard InChI is InChI=1S/C24H28N4O3/c1-18-12-23(27(2)26-18)24(29)28(15-21-7-3-4-10-25-21)14-19-6-5-8-22(13-19)31-17-20-9-11-30-16-20/h3-8,10,12-13,20H,9,11,14-17H2,1-2H3/t20-/m1/s1. The molecule has 0 bridgehead atoms. The van der Waals surface area contributed by atoms with Crippen LogP contribution in [0.1, 0.15) is 33.9 Å². The van der Waals surface area contributed by atoms with E-state index in [0.717, 1.165) is 42.3 Å². The predicted molar refractivity (Wildman–Crippen MR) is 117 cm³/mol. The van der Waals surface area contributed by atoms with Crippen LogP contribution in [0.15, 0.2) is 54.7 Å². The highest BCUT2D eigenvalue weighted by Gasteiger charge is 2.21. The van der Waals surface area contributed by atoms with Gasteiger partial charge in [-0.25, -0.2) is 0 Å². The van der Waals surface area contributed by atoms with Crippen LogP contribution in [0.4, 0.5) is 0 Å². The van der Waals surface area contributed by atoms with Gasteiger partial charge in [-0.1, -0.05) is 18.2 Å². The van der Waals surface area contributed by atoms with Crippen molar-refractivity contribution in [3.05, 3.63) is 77.4 Å². The Bertz CT molecular complexity index is 1010. The Morgan fingerprint density at radius 1 is 1.23 bits per heavy atom. The normalized spacial score (nSPS) is 15.7. The number of benzene rings is 1. The van der Waals surface area contributed by atoms with Crippen LogP contribution in [-0.4, -0.2) is 45.4 Å². The minimum Gasteiger partial charge on any atom is -0.493 e. The average molecular weight is 421 g/mol. The fourth-order valence-corrected chi connectivity index (χ4v) is 3.74. The first-order valence-electron chi connectivity index (χ1n) is 10.6. The summed E-state index contributed by atoms with van der Waals surface area (Å²) in [6, 6.07) is 15.5. The van der Waals surface area contributed by atoms with Crippen LogP contribution in [0.2, 0.25) is 0 Å². The Hall–Kier alpha value is -3.19. The smallest absolute Gasteiger partial charge is 0.272 e. The summed E-state index contributed by atoms with van der Waals surface area (Å²) in [4.78, 5) is 19.6. The molecule has 1 saturated heterocycles. The number of amides is 1. The molecule has 3 aromatic rings. The molecular weight excluding hydrogens is 392 g/mol. The SMILES string of the molecule is Cc1cc(C(=O)N(Cc2cccc(OC[C@@H]3CCOC3)c2)Cc2ccccn2)n(C)n1. The van der Waals surface area contributed by atoms with Crippen molar-refractivity contribution in [3.63, 3.8) is 0 Å². The van der Waals surface area contributed by atoms with E-state index in [2.05, 4.69) is 10.1 Å². The summed E-state index contributed by atoms with van der Waals surface area (Å²) in [6.45, 7) is 4.96. The van der Waals surface area contributed by atoms with Gasteiger partial charge in [0.05, 0.1) is 31.1 Å². The summed E-state index contributed by atoms with van der Waals surface area (Å²) in [5.41, 5.74) is 3.21. The topological polar surface area (TPSA) is 69.5 Å². The first-order valence-corrected chi connectivity index (χ1v) is 10.6. The number of pyridine rings is 1. The molecule has 162 valence electrons. The van der Waals surface area contributed by atoms with Gasteiger partial charge in [0.25, 0.3) is 5.91 Å². The van der Waals surface area contributed by atoms with Gasteiger partial charge in [-0.15, -0.1) is 0 Å². The highest BCUT2D eigenvalue weighted by Crippen LogP contribution is 2.20. The Kier molecular flexibility index (Phi) is 6.62. The molecule has 0 spiro atoms. The van der Waals surface area contributed by atoms with Crippen molar-refractivity contribution in [1.29, 1.82) is 0 Å². The summed E-state index contributed by atoms with van der Waals surface area (Å²) in [6.07, 6.45) is 2.78. The number of aromatic nitrogens is 3. The third kappa shape index (κ3) is 5.49. The molecule has 0 aliphatic carbocycles. The largest absolute Gasteiger partial charge is 0.493 e. The molecule has 0 saturated carbocycles. The van der Waals surface area contributed by atoms with Crippen LogP contribution in [-0.2, 0) is 24.9 Å². The van der Waals surface area contributed by atoms with E-state index in [1.807, 2.05) is 55.5 Å². The van der Waals surface area contributed by atoms with Crippen molar-refractivity contribution in [3.8, 4) is 5.75 Å². The molecule has 1 aromatic carbocycles. The molecule has 31 heavy (non-hydrogen) atoms. The van der Waals surface area contributed by atoms with Gasteiger partial charge in [0.15, 0.2) is 0 Å². The van der Waals surface area contributed by atoms with Crippen molar-refractivity contribution in [1.82, 2.24) is 19.7 Å². The zero-order chi connectivity index (χ0) is 21.6. The number of carbonyl (C=O) groups excluding carboxylic acids is 1. The number of hydrogen-bond donors (Lipinski definition) is 0. The molecule has 7 heteroatoms. The Labute approximate surface area is 182 Å². The van der Waals surface area contributed by atoms with Crippen LogP contribution in [0.25, 0.3) is 0 Å². The zero-order valence-corrected chi connectivity index (χ0v) is 18.0. The van der Waals surface area contributed by atoms with E-state index in [1.165, 1.54) is 0 Å². The number of nitrogens with zero attached hydrogens (tertiary/aromatic N) is 4. The highest BCUT2D eigenvalue weighted by atomic mass is 16.5. The number of ether oxygens (including phenoxy) is 2. The molecule has 1 fully saturated rings. The first-order chi connectivity index (χ1) is 15.1. The molecule has 3 heterocycles. The fraction of sp³-hybridized carbons (Fsp3) is 0.375. The van der Waals surface area contributed by atoms with Gasteiger partial charge in [0.2, 0.25) is 0 Å². The average Bonchev–Trinajstić information content (AvgIpc) is 3.41. The summed E-state index contributed by atoms with van der Waals surface area (Å²) >= 11 is 0. The zero-order valence-electron chi connectivity index (χ0n) is 18.0. The lowest BCUT2D eigenvalue weighted by Gasteiger charge is -2.23. The number of rotatable bonds is 8. The Morgan fingerprint density at radius 2 is 2.13 bits per heavy atom. The van der Waals surface area contributed by atoms with E-state index >= 15 is 0 Å². The molecule has 1 aliphatic rings. The second kappa shape index (κ2) is 9.75.